The number of fused-ring (bicyclic) bond motifs is 2. The Hall–Kier alpha value is -5.18. The molecule has 6 N–H and O–H groups in total. The SMILES string of the molecule is CC.CC(=O)NC[C@H]1CN(c2ccc3c(c2)CCC(C)C(=O)N3)C(=O)O1.CC(=O)NC[C@H]1CN(c2ccc3c(c2)CCC(N)C(=O)N3)C(=O)O1. The largest absolute Gasteiger partial charge is 0.442 e. The van der Waals surface area contributed by atoms with Crippen molar-refractivity contribution in [3.05, 3.63) is 47.5 Å². The second kappa shape index (κ2) is 17.0. The topological polar surface area (TPSA) is 201 Å². The fourth-order valence-electron chi connectivity index (χ4n) is 5.77. The molecule has 2 unspecified atom stereocenters. The van der Waals surface area contributed by atoms with Gasteiger partial charge in [0, 0.05) is 42.5 Å². The number of aryl methyl sites for hydroxylation is 2. The number of carbonyl (C=O) groups excluding carboxylic acids is 6. The van der Waals surface area contributed by atoms with Crippen LogP contribution in [-0.4, -0.2) is 80.2 Å². The zero-order valence-corrected chi connectivity index (χ0v) is 29.2. The first-order chi connectivity index (χ1) is 23.9. The van der Waals surface area contributed by atoms with Crippen LogP contribution in [0, 0.1) is 5.92 Å². The van der Waals surface area contributed by atoms with Crippen LogP contribution in [-0.2, 0) is 41.5 Å². The Bertz CT molecular complexity index is 1500. The van der Waals surface area contributed by atoms with Gasteiger partial charge in [-0.25, -0.2) is 9.59 Å². The lowest BCUT2D eigenvalue weighted by atomic mass is 10.0. The maximum absolute atomic E-state index is 12.1. The van der Waals surface area contributed by atoms with Gasteiger partial charge in [0.1, 0.15) is 12.2 Å². The molecule has 0 aliphatic carbocycles. The number of anilines is 4. The summed E-state index contributed by atoms with van der Waals surface area (Å²) in [5.41, 5.74) is 10.7. The molecule has 15 heteroatoms. The van der Waals surface area contributed by atoms with Gasteiger partial charge in [0.2, 0.25) is 23.6 Å². The molecule has 4 aliphatic rings. The summed E-state index contributed by atoms with van der Waals surface area (Å²) in [6.45, 7) is 10.1. The molecule has 15 nitrogen and oxygen atoms in total. The third kappa shape index (κ3) is 9.49. The van der Waals surface area contributed by atoms with Crippen LogP contribution < -0.4 is 36.8 Å². The summed E-state index contributed by atoms with van der Waals surface area (Å²) in [4.78, 5) is 72.9. The number of rotatable bonds is 6. The molecule has 0 spiro atoms. The summed E-state index contributed by atoms with van der Waals surface area (Å²) < 4.78 is 10.5. The van der Waals surface area contributed by atoms with E-state index in [0.29, 0.717) is 38.2 Å². The molecule has 0 saturated carbocycles. The van der Waals surface area contributed by atoms with Crippen molar-refractivity contribution in [3.63, 3.8) is 0 Å². The van der Waals surface area contributed by atoms with E-state index in [2.05, 4.69) is 21.3 Å². The third-order valence-electron chi connectivity index (χ3n) is 8.58. The van der Waals surface area contributed by atoms with Gasteiger partial charge in [-0.1, -0.05) is 20.8 Å². The zero-order chi connectivity index (χ0) is 36.5. The molecule has 270 valence electrons. The molecule has 50 heavy (non-hydrogen) atoms. The van der Waals surface area contributed by atoms with Crippen molar-refractivity contribution in [2.24, 2.45) is 11.7 Å². The quantitative estimate of drug-likeness (QED) is 0.302. The van der Waals surface area contributed by atoms with Gasteiger partial charge < -0.3 is 36.5 Å². The van der Waals surface area contributed by atoms with Crippen molar-refractivity contribution in [1.29, 1.82) is 0 Å². The van der Waals surface area contributed by atoms with Crippen molar-refractivity contribution < 1.29 is 38.2 Å². The second-order valence-electron chi connectivity index (χ2n) is 12.4. The first kappa shape index (κ1) is 37.6. The number of hydrogen-bond acceptors (Lipinski definition) is 9. The highest BCUT2D eigenvalue weighted by Crippen LogP contribution is 2.31. The maximum atomic E-state index is 12.1. The number of nitrogens with one attached hydrogen (secondary N) is 4. The van der Waals surface area contributed by atoms with Crippen LogP contribution in [0.15, 0.2) is 36.4 Å². The molecular weight excluding hydrogens is 646 g/mol. The van der Waals surface area contributed by atoms with Gasteiger partial charge in [-0.3, -0.25) is 29.0 Å². The van der Waals surface area contributed by atoms with E-state index in [9.17, 15) is 28.8 Å². The minimum absolute atomic E-state index is 0.0254. The molecular formula is C35H47N7O8. The van der Waals surface area contributed by atoms with E-state index in [1.54, 1.807) is 23.1 Å². The third-order valence-corrected chi connectivity index (χ3v) is 8.58. The fraction of sp³-hybridized carbons (Fsp3) is 0.486. The lowest BCUT2D eigenvalue weighted by molar-refractivity contribution is -0.120. The van der Waals surface area contributed by atoms with Crippen LogP contribution >= 0.6 is 0 Å². The van der Waals surface area contributed by atoms with Crippen LogP contribution in [0.25, 0.3) is 0 Å². The minimum Gasteiger partial charge on any atom is -0.442 e. The molecule has 6 amide bonds. The number of nitrogens with two attached hydrogens (primary N) is 1. The smallest absolute Gasteiger partial charge is 0.414 e. The van der Waals surface area contributed by atoms with Crippen LogP contribution in [0.2, 0.25) is 0 Å². The molecule has 2 fully saturated rings. The summed E-state index contributed by atoms with van der Waals surface area (Å²) in [5.74, 6) is -0.518. The average Bonchev–Trinajstić information content (AvgIpc) is 3.58. The predicted molar refractivity (Wildman–Crippen MR) is 188 cm³/mol. The molecule has 0 aromatic heterocycles. The standard InChI is InChI=1S/C17H21N3O4.C16H20N4O4.C2H6/c1-10-3-4-12-7-13(5-6-15(12)19-16(10)22)20-9-14(24-17(20)23)8-18-11(2)21;1-9(21)18-7-12-8-20(16(23)24-12)11-3-5-14-10(6-11)2-4-13(17)15(22)19-14;1-2/h5-7,10,14H,3-4,8-9H2,1-2H3,(H,18,21)(H,19,22);3,5-6,12-13H,2,4,7-8,17H2,1H3,(H,18,21)(H,19,22);1-2H3/t10?,14-;12-,13?;/m00./s1. The van der Waals surface area contributed by atoms with Crippen LogP contribution in [0.3, 0.4) is 0 Å². The van der Waals surface area contributed by atoms with Crippen LogP contribution in [0.4, 0.5) is 32.3 Å². The molecule has 0 bridgehead atoms. The number of carbonyl (C=O) groups is 6. The first-order valence-electron chi connectivity index (χ1n) is 17.0. The second-order valence-corrected chi connectivity index (χ2v) is 12.4. The van der Waals surface area contributed by atoms with E-state index in [-0.39, 0.29) is 48.3 Å². The molecule has 4 heterocycles. The van der Waals surface area contributed by atoms with Crippen molar-refractivity contribution in [2.45, 2.75) is 78.6 Å². The van der Waals surface area contributed by atoms with Gasteiger partial charge in [0.25, 0.3) is 0 Å². The molecule has 2 aromatic carbocycles. The molecule has 0 radical (unpaired) electrons. The Morgan fingerprint density at radius 1 is 0.760 bits per heavy atom. The monoisotopic (exact) mass is 693 g/mol. The summed E-state index contributed by atoms with van der Waals surface area (Å²) in [5, 5.41) is 11.0. The summed E-state index contributed by atoms with van der Waals surface area (Å²) in [6, 6.07) is 10.4. The highest BCUT2D eigenvalue weighted by atomic mass is 16.6. The lowest BCUT2D eigenvalue weighted by Gasteiger charge is -2.16. The number of cyclic esters (lactones) is 2. The molecule has 6 rings (SSSR count). The summed E-state index contributed by atoms with van der Waals surface area (Å²) >= 11 is 0. The van der Waals surface area contributed by atoms with Gasteiger partial charge in [0.05, 0.1) is 32.2 Å². The highest BCUT2D eigenvalue weighted by molar-refractivity contribution is 5.97. The normalized spacial score (nSPS) is 22.4. The first-order valence-corrected chi connectivity index (χ1v) is 17.0. The van der Waals surface area contributed by atoms with Gasteiger partial charge in [-0.15, -0.1) is 0 Å². The van der Waals surface area contributed by atoms with Gasteiger partial charge in [-0.05, 0) is 73.2 Å². The highest BCUT2D eigenvalue weighted by Gasteiger charge is 2.34. The predicted octanol–water partition coefficient (Wildman–Crippen LogP) is 3.05. The van der Waals surface area contributed by atoms with E-state index in [4.69, 9.17) is 15.2 Å². The van der Waals surface area contributed by atoms with E-state index in [1.807, 2.05) is 39.0 Å². The lowest BCUT2D eigenvalue weighted by Crippen LogP contribution is -2.34. The Kier molecular flexibility index (Phi) is 12.8. The Balaban J connectivity index is 0.000000214. The van der Waals surface area contributed by atoms with Crippen molar-refractivity contribution >= 4 is 58.6 Å². The van der Waals surface area contributed by atoms with E-state index in [0.717, 1.165) is 41.0 Å². The van der Waals surface area contributed by atoms with Crippen molar-refractivity contribution in [3.8, 4) is 0 Å². The summed E-state index contributed by atoms with van der Waals surface area (Å²) in [6.07, 6.45) is 1.16. The van der Waals surface area contributed by atoms with Crippen molar-refractivity contribution in [1.82, 2.24) is 10.6 Å². The van der Waals surface area contributed by atoms with E-state index >= 15 is 0 Å². The van der Waals surface area contributed by atoms with Gasteiger partial charge >= 0.3 is 12.2 Å². The van der Waals surface area contributed by atoms with Gasteiger partial charge in [-0.2, -0.15) is 0 Å². The number of amides is 6. The molecule has 4 atom stereocenters. The minimum atomic E-state index is -0.528. The van der Waals surface area contributed by atoms with Crippen LogP contribution in [0.5, 0.6) is 0 Å². The number of hydrogen-bond donors (Lipinski definition) is 5. The van der Waals surface area contributed by atoms with E-state index in [1.165, 1.54) is 18.7 Å². The number of ether oxygens (including phenoxy) is 2. The Morgan fingerprint density at radius 3 is 1.66 bits per heavy atom. The van der Waals surface area contributed by atoms with Crippen molar-refractivity contribution in [2.75, 3.05) is 46.6 Å². The van der Waals surface area contributed by atoms with E-state index < -0.39 is 18.2 Å². The average molecular weight is 694 g/mol. The van der Waals surface area contributed by atoms with Gasteiger partial charge in [0.15, 0.2) is 0 Å². The van der Waals surface area contributed by atoms with Crippen LogP contribution in [0.1, 0.15) is 58.6 Å². The Morgan fingerprint density at radius 2 is 1.20 bits per heavy atom. The summed E-state index contributed by atoms with van der Waals surface area (Å²) in [7, 11) is 0. The molecule has 4 aliphatic heterocycles. The molecule has 2 saturated heterocycles. The Labute approximate surface area is 291 Å². The fourth-order valence-corrected chi connectivity index (χ4v) is 5.77. The molecule has 2 aromatic rings. The number of benzene rings is 2. The zero-order valence-electron chi connectivity index (χ0n) is 29.2. The number of nitrogens with zero attached hydrogens (tertiary/aromatic N) is 2. The maximum Gasteiger partial charge on any atom is 0.414 e.